The van der Waals surface area contributed by atoms with Gasteiger partial charge < -0.3 is 10.4 Å². The van der Waals surface area contributed by atoms with E-state index in [4.69, 9.17) is 11.6 Å². The fourth-order valence-electron chi connectivity index (χ4n) is 2.42. The SMILES string of the molecule is Cl.OCC[C@@H](c1cc(Br)ccc1Cl)N1CCNCC1. The standard InChI is InChI=1S/C13H18BrClN2O.ClH/c14-10-1-2-12(15)11(9-10)13(3-8-18)17-6-4-16-5-7-17;/h1-2,9,13,16,18H,3-8H2;1H/t13-;/m0./s1. The molecular weight excluding hydrogens is 351 g/mol. The monoisotopic (exact) mass is 368 g/mol. The van der Waals surface area contributed by atoms with Crippen LogP contribution >= 0.6 is 39.9 Å². The molecule has 1 aromatic carbocycles. The van der Waals surface area contributed by atoms with Crippen LogP contribution in [0.3, 0.4) is 0 Å². The summed E-state index contributed by atoms with van der Waals surface area (Å²) in [6.45, 7) is 4.15. The van der Waals surface area contributed by atoms with Gasteiger partial charge >= 0.3 is 0 Å². The van der Waals surface area contributed by atoms with Crippen LogP contribution in [0.2, 0.25) is 5.02 Å². The fraction of sp³-hybridized carbons (Fsp3) is 0.538. The van der Waals surface area contributed by atoms with Crippen LogP contribution in [0.5, 0.6) is 0 Å². The van der Waals surface area contributed by atoms with Crippen molar-refractivity contribution in [3.8, 4) is 0 Å². The number of aliphatic hydroxyl groups excluding tert-OH is 1. The first kappa shape index (κ1) is 17.2. The number of hydrogen-bond acceptors (Lipinski definition) is 3. The van der Waals surface area contributed by atoms with E-state index < -0.39 is 0 Å². The van der Waals surface area contributed by atoms with Crippen molar-refractivity contribution in [1.82, 2.24) is 10.2 Å². The largest absolute Gasteiger partial charge is 0.396 e. The number of benzene rings is 1. The van der Waals surface area contributed by atoms with E-state index in [1.54, 1.807) is 0 Å². The minimum Gasteiger partial charge on any atom is -0.396 e. The summed E-state index contributed by atoms with van der Waals surface area (Å²) in [7, 11) is 0. The molecule has 0 amide bonds. The maximum atomic E-state index is 9.29. The molecule has 6 heteroatoms. The number of nitrogens with zero attached hydrogens (tertiary/aromatic N) is 1. The second kappa shape index (κ2) is 8.45. The molecule has 0 unspecified atom stereocenters. The summed E-state index contributed by atoms with van der Waals surface area (Å²) in [6, 6.07) is 6.11. The van der Waals surface area contributed by atoms with Gasteiger partial charge in [-0.25, -0.2) is 0 Å². The number of aliphatic hydroxyl groups is 1. The maximum Gasteiger partial charge on any atom is 0.0454 e. The lowest BCUT2D eigenvalue weighted by atomic mass is 10.0. The molecule has 19 heavy (non-hydrogen) atoms. The Balaban J connectivity index is 0.00000180. The van der Waals surface area contributed by atoms with Gasteiger partial charge in [-0.05, 0) is 30.2 Å². The second-order valence-corrected chi connectivity index (χ2v) is 5.80. The Labute approximate surface area is 133 Å². The molecule has 1 fully saturated rings. The Morgan fingerprint density at radius 3 is 2.68 bits per heavy atom. The summed E-state index contributed by atoms with van der Waals surface area (Å²) in [5.41, 5.74) is 1.10. The van der Waals surface area contributed by atoms with Crippen LogP contribution in [0.4, 0.5) is 0 Å². The molecule has 0 bridgehead atoms. The lowest BCUT2D eigenvalue weighted by Gasteiger charge is -2.35. The van der Waals surface area contributed by atoms with E-state index in [9.17, 15) is 5.11 Å². The highest BCUT2D eigenvalue weighted by molar-refractivity contribution is 9.10. The number of hydrogen-bond donors (Lipinski definition) is 2. The maximum absolute atomic E-state index is 9.29. The average molecular weight is 370 g/mol. The van der Waals surface area contributed by atoms with Crippen molar-refractivity contribution in [3.05, 3.63) is 33.3 Å². The smallest absolute Gasteiger partial charge is 0.0454 e. The molecule has 1 aromatic rings. The summed E-state index contributed by atoms with van der Waals surface area (Å²) in [5.74, 6) is 0. The molecule has 3 nitrogen and oxygen atoms in total. The van der Waals surface area contributed by atoms with E-state index in [-0.39, 0.29) is 25.1 Å². The van der Waals surface area contributed by atoms with Gasteiger partial charge in [-0.1, -0.05) is 27.5 Å². The first-order valence-corrected chi connectivity index (χ1v) is 7.40. The zero-order chi connectivity index (χ0) is 13.0. The van der Waals surface area contributed by atoms with Gasteiger partial charge in [-0.15, -0.1) is 12.4 Å². The van der Waals surface area contributed by atoms with E-state index in [1.165, 1.54) is 0 Å². The van der Waals surface area contributed by atoms with Gasteiger partial charge in [0.05, 0.1) is 0 Å². The number of nitrogens with one attached hydrogen (secondary N) is 1. The quantitative estimate of drug-likeness (QED) is 0.856. The summed E-state index contributed by atoms with van der Waals surface area (Å²) >= 11 is 9.79. The third-order valence-corrected chi connectivity index (χ3v) is 4.15. The zero-order valence-electron chi connectivity index (χ0n) is 10.6. The number of halogens is 3. The van der Waals surface area contributed by atoms with Crippen LogP contribution in [-0.2, 0) is 0 Å². The van der Waals surface area contributed by atoms with Crippen molar-refractivity contribution in [2.45, 2.75) is 12.5 Å². The highest BCUT2D eigenvalue weighted by atomic mass is 79.9. The first-order chi connectivity index (χ1) is 8.72. The molecular formula is C13H19BrCl2N2O. The number of piperazine rings is 1. The summed E-state index contributed by atoms with van der Waals surface area (Å²) < 4.78 is 1.03. The molecule has 1 aliphatic heterocycles. The first-order valence-electron chi connectivity index (χ1n) is 6.23. The lowest BCUT2D eigenvalue weighted by Crippen LogP contribution is -2.45. The van der Waals surface area contributed by atoms with Gasteiger partial charge in [0.15, 0.2) is 0 Å². The van der Waals surface area contributed by atoms with Crippen LogP contribution in [0.1, 0.15) is 18.0 Å². The molecule has 0 aromatic heterocycles. The Bertz CT molecular complexity index is 400. The van der Waals surface area contributed by atoms with E-state index in [1.807, 2.05) is 12.1 Å². The van der Waals surface area contributed by atoms with Crippen LogP contribution in [-0.4, -0.2) is 42.8 Å². The van der Waals surface area contributed by atoms with Gasteiger partial charge in [-0.3, -0.25) is 4.90 Å². The fourth-order valence-corrected chi connectivity index (χ4v) is 3.04. The van der Waals surface area contributed by atoms with Crippen molar-refractivity contribution in [2.75, 3.05) is 32.8 Å². The summed E-state index contributed by atoms with van der Waals surface area (Å²) in [4.78, 5) is 2.39. The van der Waals surface area contributed by atoms with Crippen LogP contribution in [0, 0.1) is 0 Å². The van der Waals surface area contributed by atoms with Crippen molar-refractivity contribution < 1.29 is 5.11 Å². The summed E-state index contributed by atoms with van der Waals surface area (Å²) in [5, 5.41) is 13.4. The van der Waals surface area contributed by atoms with Crippen LogP contribution in [0.25, 0.3) is 0 Å². The molecule has 2 rings (SSSR count). The molecule has 1 saturated heterocycles. The molecule has 2 N–H and O–H groups in total. The Kier molecular flexibility index (Phi) is 7.65. The molecule has 0 radical (unpaired) electrons. The minimum absolute atomic E-state index is 0. The lowest BCUT2D eigenvalue weighted by molar-refractivity contribution is 0.141. The predicted molar refractivity (Wildman–Crippen MR) is 85.3 cm³/mol. The van der Waals surface area contributed by atoms with Crippen molar-refractivity contribution in [1.29, 1.82) is 0 Å². The van der Waals surface area contributed by atoms with Crippen molar-refractivity contribution in [2.24, 2.45) is 0 Å². The molecule has 1 atom stereocenters. The van der Waals surface area contributed by atoms with Gasteiger partial charge in [0.2, 0.25) is 0 Å². The molecule has 0 spiro atoms. The number of rotatable bonds is 4. The predicted octanol–water partition coefficient (Wildman–Crippen LogP) is 2.85. The van der Waals surface area contributed by atoms with E-state index >= 15 is 0 Å². The van der Waals surface area contributed by atoms with E-state index in [0.29, 0.717) is 0 Å². The molecule has 1 heterocycles. The average Bonchev–Trinajstić information content (AvgIpc) is 2.40. The molecule has 0 saturated carbocycles. The highest BCUT2D eigenvalue weighted by Crippen LogP contribution is 2.32. The highest BCUT2D eigenvalue weighted by Gasteiger charge is 2.23. The van der Waals surface area contributed by atoms with Crippen molar-refractivity contribution >= 4 is 39.9 Å². The molecule has 108 valence electrons. The second-order valence-electron chi connectivity index (χ2n) is 4.48. The Morgan fingerprint density at radius 2 is 2.05 bits per heavy atom. The third-order valence-electron chi connectivity index (χ3n) is 3.31. The Hall–Kier alpha value is 0.160. The van der Waals surface area contributed by atoms with Gasteiger partial charge in [0.1, 0.15) is 0 Å². The van der Waals surface area contributed by atoms with Gasteiger partial charge in [0, 0.05) is 48.3 Å². The molecule has 0 aliphatic carbocycles. The van der Waals surface area contributed by atoms with E-state index in [2.05, 4.69) is 32.2 Å². The van der Waals surface area contributed by atoms with Gasteiger partial charge in [0.25, 0.3) is 0 Å². The van der Waals surface area contributed by atoms with Crippen LogP contribution in [0.15, 0.2) is 22.7 Å². The Morgan fingerprint density at radius 1 is 1.37 bits per heavy atom. The van der Waals surface area contributed by atoms with Crippen molar-refractivity contribution in [3.63, 3.8) is 0 Å². The topological polar surface area (TPSA) is 35.5 Å². The van der Waals surface area contributed by atoms with E-state index in [0.717, 1.165) is 47.7 Å². The molecule has 1 aliphatic rings. The summed E-state index contributed by atoms with van der Waals surface area (Å²) in [6.07, 6.45) is 0.718. The minimum atomic E-state index is 0. The zero-order valence-corrected chi connectivity index (χ0v) is 13.8. The normalized spacial score (nSPS) is 17.8. The van der Waals surface area contributed by atoms with Gasteiger partial charge in [-0.2, -0.15) is 0 Å². The third kappa shape index (κ3) is 4.59. The van der Waals surface area contributed by atoms with Crippen LogP contribution < -0.4 is 5.32 Å².